The van der Waals surface area contributed by atoms with Gasteiger partial charge in [0.25, 0.3) is 0 Å². The zero-order valence-corrected chi connectivity index (χ0v) is 22.7. The Kier molecular flexibility index (Phi) is 6.60. The van der Waals surface area contributed by atoms with Crippen LogP contribution in [0.15, 0.2) is 103 Å². The Morgan fingerprint density at radius 3 is 1.64 bits per heavy atom. The summed E-state index contributed by atoms with van der Waals surface area (Å²) in [5.74, 6) is 0. The average Bonchev–Trinajstić information content (AvgIpc) is 2.95. The fourth-order valence-electron chi connectivity index (χ4n) is 5.89. The lowest BCUT2D eigenvalue weighted by atomic mass is 9.82. The summed E-state index contributed by atoms with van der Waals surface area (Å²) < 4.78 is 84.6. The van der Waals surface area contributed by atoms with Crippen LogP contribution in [-0.4, -0.2) is 0 Å². The highest BCUT2D eigenvalue weighted by molar-refractivity contribution is 6.24. The Balaban J connectivity index is 1.90. The summed E-state index contributed by atoms with van der Waals surface area (Å²) >= 11 is 0. The molecule has 0 saturated carbocycles. The zero-order chi connectivity index (χ0) is 29.8. The number of halogens is 6. The average molecular weight is 571 g/mol. The van der Waals surface area contributed by atoms with Crippen LogP contribution in [0.3, 0.4) is 0 Å². The summed E-state index contributed by atoms with van der Waals surface area (Å²) in [5, 5.41) is 3.17. The van der Waals surface area contributed by atoms with E-state index in [9.17, 15) is 26.3 Å². The first-order valence-electron chi connectivity index (χ1n) is 13.4. The summed E-state index contributed by atoms with van der Waals surface area (Å²) in [6, 6.07) is 25.6. The molecule has 0 fully saturated rings. The van der Waals surface area contributed by atoms with E-state index in [0.717, 1.165) is 46.2 Å². The van der Waals surface area contributed by atoms with Gasteiger partial charge in [-0.25, -0.2) is 0 Å². The van der Waals surface area contributed by atoms with Crippen molar-refractivity contribution in [3.63, 3.8) is 0 Å². The van der Waals surface area contributed by atoms with Gasteiger partial charge in [0.2, 0.25) is 0 Å². The lowest BCUT2D eigenvalue weighted by molar-refractivity contribution is -0.138. The molecule has 42 heavy (non-hydrogen) atoms. The van der Waals surface area contributed by atoms with E-state index in [1.165, 1.54) is 12.1 Å². The molecule has 0 aliphatic carbocycles. The molecule has 0 bridgehead atoms. The van der Waals surface area contributed by atoms with Crippen LogP contribution in [0.25, 0.3) is 60.6 Å². The van der Waals surface area contributed by atoms with Crippen LogP contribution in [0.1, 0.15) is 29.2 Å². The SMILES string of the molecule is C/C=C\c1c(C)cccc1-c1c2cc(C(F)(F)F)ccc2c(-c2cccc3ccccc23)c2cc(C(F)(F)F)ccc12. The Bertz CT molecular complexity index is 2020. The van der Waals surface area contributed by atoms with Crippen molar-refractivity contribution in [1.29, 1.82) is 0 Å². The van der Waals surface area contributed by atoms with E-state index in [1.807, 2.05) is 86.7 Å². The van der Waals surface area contributed by atoms with Gasteiger partial charge in [0.1, 0.15) is 0 Å². The number of hydrogen-bond acceptors (Lipinski definition) is 0. The number of aryl methyl sites for hydroxylation is 1. The van der Waals surface area contributed by atoms with Gasteiger partial charge in [-0.05, 0) is 104 Å². The molecule has 0 nitrogen and oxygen atoms in total. The predicted molar refractivity (Wildman–Crippen MR) is 159 cm³/mol. The molecule has 0 aliphatic heterocycles. The molecular weight excluding hydrogens is 546 g/mol. The normalized spacial score (nSPS) is 12.7. The highest BCUT2D eigenvalue weighted by atomic mass is 19.4. The quantitative estimate of drug-likeness (QED) is 0.147. The molecular formula is C36H24F6. The lowest BCUT2D eigenvalue weighted by Crippen LogP contribution is -2.06. The third kappa shape index (κ3) is 4.61. The van der Waals surface area contributed by atoms with E-state index >= 15 is 0 Å². The Labute approximate surface area is 238 Å². The molecule has 6 heteroatoms. The predicted octanol–water partition coefficient (Wildman–Crippen LogP) is 11.9. The van der Waals surface area contributed by atoms with Crippen molar-refractivity contribution < 1.29 is 26.3 Å². The third-order valence-electron chi connectivity index (χ3n) is 7.76. The summed E-state index contributed by atoms with van der Waals surface area (Å²) in [6.45, 7) is 3.74. The van der Waals surface area contributed by atoms with Gasteiger partial charge in [0.05, 0.1) is 11.1 Å². The van der Waals surface area contributed by atoms with Crippen LogP contribution in [-0.2, 0) is 12.4 Å². The standard InChI is InChI=1S/C36H24F6/c1-3-8-25-21(2)9-6-13-27(25)33-29-17-15-24(36(40,41)42)20-32(29)34(28-14-7-11-22-10-4-5-12-26(22)28)30-18-16-23(19-31(30)33)35(37,38)39/h3-20H,1-2H3/b8-3-. The molecule has 0 aliphatic rings. The number of allylic oxidation sites excluding steroid dienone is 1. The van der Waals surface area contributed by atoms with E-state index in [2.05, 4.69) is 0 Å². The number of alkyl halides is 6. The highest BCUT2D eigenvalue weighted by Crippen LogP contribution is 2.48. The second kappa shape index (κ2) is 10.1. The number of fused-ring (bicyclic) bond motifs is 3. The Morgan fingerprint density at radius 2 is 1.05 bits per heavy atom. The Hall–Kier alpha value is -4.58. The van der Waals surface area contributed by atoms with E-state index in [1.54, 1.807) is 0 Å². The second-order valence-corrected chi connectivity index (χ2v) is 10.3. The summed E-state index contributed by atoms with van der Waals surface area (Å²) in [5.41, 5.74) is 2.24. The molecule has 0 radical (unpaired) electrons. The van der Waals surface area contributed by atoms with Gasteiger partial charge in [0.15, 0.2) is 0 Å². The highest BCUT2D eigenvalue weighted by Gasteiger charge is 2.33. The maximum absolute atomic E-state index is 14.1. The minimum Gasteiger partial charge on any atom is -0.166 e. The van der Waals surface area contributed by atoms with E-state index in [4.69, 9.17) is 0 Å². The van der Waals surface area contributed by atoms with Crippen molar-refractivity contribution in [1.82, 2.24) is 0 Å². The van der Waals surface area contributed by atoms with Crippen LogP contribution in [0.4, 0.5) is 26.3 Å². The first kappa shape index (κ1) is 27.6. The summed E-state index contributed by atoms with van der Waals surface area (Å²) in [7, 11) is 0. The molecule has 0 N–H and O–H groups in total. The maximum atomic E-state index is 14.1. The van der Waals surface area contributed by atoms with Gasteiger partial charge in [-0.1, -0.05) is 84.9 Å². The monoisotopic (exact) mass is 570 g/mol. The van der Waals surface area contributed by atoms with Crippen LogP contribution in [0, 0.1) is 6.92 Å². The number of benzene rings is 6. The van der Waals surface area contributed by atoms with Crippen molar-refractivity contribution >= 4 is 38.4 Å². The van der Waals surface area contributed by atoms with Crippen LogP contribution in [0.2, 0.25) is 0 Å². The van der Waals surface area contributed by atoms with Gasteiger partial charge in [-0.15, -0.1) is 0 Å². The largest absolute Gasteiger partial charge is 0.416 e. The maximum Gasteiger partial charge on any atom is 0.416 e. The molecule has 0 aromatic heterocycles. The number of hydrogen-bond donors (Lipinski definition) is 0. The molecule has 0 amide bonds. The smallest absolute Gasteiger partial charge is 0.166 e. The third-order valence-corrected chi connectivity index (χ3v) is 7.76. The fourth-order valence-corrected chi connectivity index (χ4v) is 5.89. The van der Waals surface area contributed by atoms with Crippen molar-refractivity contribution in [2.45, 2.75) is 26.2 Å². The number of rotatable bonds is 3. The van der Waals surface area contributed by atoms with Crippen molar-refractivity contribution in [3.8, 4) is 22.3 Å². The minimum absolute atomic E-state index is 0.316. The van der Waals surface area contributed by atoms with Crippen LogP contribution >= 0.6 is 0 Å². The van der Waals surface area contributed by atoms with Crippen molar-refractivity contribution in [2.24, 2.45) is 0 Å². The van der Waals surface area contributed by atoms with Gasteiger partial charge in [0, 0.05) is 0 Å². The van der Waals surface area contributed by atoms with Gasteiger partial charge < -0.3 is 0 Å². The summed E-state index contributed by atoms with van der Waals surface area (Å²) in [6.07, 6.45) is -5.51. The molecule has 0 unspecified atom stereocenters. The van der Waals surface area contributed by atoms with Crippen molar-refractivity contribution in [2.75, 3.05) is 0 Å². The Morgan fingerprint density at radius 1 is 0.524 bits per heavy atom. The van der Waals surface area contributed by atoms with Crippen LogP contribution in [0.5, 0.6) is 0 Å². The molecule has 0 saturated heterocycles. The first-order chi connectivity index (χ1) is 20.0. The zero-order valence-electron chi connectivity index (χ0n) is 22.7. The topological polar surface area (TPSA) is 0 Å². The minimum atomic E-state index is -4.61. The lowest BCUT2D eigenvalue weighted by Gasteiger charge is -2.22. The second-order valence-electron chi connectivity index (χ2n) is 10.3. The molecule has 6 aromatic rings. The molecule has 0 spiro atoms. The molecule has 0 heterocycles. The van der Waals surface area contributed by atoms with Crippen molar-refractivity contribution in [3.05, 3.63) is 125 Å². The van der Waals surface area contributed by atoms with Gasteiger partial charge in [-0.2, -0.15) is 26.3 Å². The molecule has 6 aromatic carbocycles. The van der Waals surface area contributed by atoms with E-state index < -0.39 is 23.5 Å². The molecule has 6 rings (SSSR count). The van der Waals surface area contributed by atoms with E-state index in [-0.39, 0.29) is 0 Å². The van der Waals surface area contributed by atoms with Gasteiger partial charge >= 0.3 is 12.4 Å². The molecule has 0 atom stereocenters. The summed E-state index contributed by atoms with van der Waals surface area (Å²) in [4.78, 5) is 0. The van der Waals surface area contributed by atoms with Crippen LogP contribution < -0.4 is 0 Å². The first-order valence-corrected chi connectivity index (χ1v) is 13.4. The van der Waals surface area contributed by atoms with E-state index in [0.29, 0.717) is 43.8 Å². The van der Waals surface area contributed by atoms with Gasteiger partial charge in [-0.3, -0.25) is 0 Å². The fraction of sp³-hybridized carbons (Fsp3) is 0.111. The molecule has 210 valence electrons.